The number of aromatic nitrogens is 1. The normalized spacial score (nSPS) is 11.4. The van der Waals surface area contributed by atoms with Crippen molar-refractivity contribution in [2.75, 3.05) is 19.6 Å². The minimum Gasteiger partial charge on any atom is -0.467 e. The lowest BCUT2D eigenvalue weighted by atomic mass is 9.97. The zero-order chi connectivity index (χ0) is 32.5. The van der Waals surface area contributed by atoms with Gasteiger partial charge in [0.15, 0.2) is 13.1 Å². The van der Waals surface area contributed by atoms with Crippen LogP contribution in [0.3, 0.4) is 0 Å². The molecule has 0 radical (unpaired) electrons. The van der Waals surface area contributed by atoms with E-state index in [1.165, 1.54) is 7.11 Å². The average molecular weight is 605 g/mol. The minimum absolute atomic E-state index is 0.0528. The number of amides is 2. The Hall–Kier alpha value is -4.86. The fourth-order valence-corrected chi connectivity index (χ4v) is 4.03. The number of benzene rings is 2. The maximum Gasteiger partial charge on any atom is 0.410 e. The number of carbonyl (C=O) groups excluding carboxylic acids is 2. The smallest absolute Gasteiger partial charge is 0.410 e. The van der Waals surface area contributed by atoms with E-state index in [1.807, 2.05) is 42.5 Å². The van der Waals surface area contributed by atoms with Crippen molar-refractivity contribution in [1.29, 1.82) is 5.26 Å². The second kappa shape index (κ2) is 14.5. The number of nitrogens with one attached hydrogen (secondary N) is 3. The lowest BCUT2D eigenvalue weighted by Crippen LogP contribution is -2.57. The number of para-hydroxylation sites is 1. The van der Waals surface area contributed by atoms with Gasteiger partial charge < -0.3 is 24.7 Å². The van der Waals surface area contributed by atoms with Crippen LogP contribution in [0.4, 0.5) is 15.4 Å². The highest BCUT2D eigenvalue weighted by molar-refractivity contribution is 5.81. The van der Waals surface area contributed by atoms with Gasteiger partial charge in [0.25, 0.3) is 0 Å². The Morgan fingerprint density at radius 3 is 2.16 bits per heavy atom. The first-order valence-corrected chi connectivity index (χ1v) is 13.9. The molecule has 0 spiro atoms. The Labute approximate surface area is 257 Å². The molecule has 3 rings (SSSR count). The predicted molar refractivity (Wildman–Crippen MR) is 166 cm³/mol. The van der Waals surface area contributed by atoms with Crippen LogP contribution in [0.15, 0.2) is 54.6 Å². The van der Waals surface area contributed by atoms with Crippen molar-refractivity contribution < 1.29 is 28.5 Å². The molecule has 44 heavy (non-hydrogen) atoms. The molecule has 0 bridgehead atoms. The van der Waals surface area contributed by atoms with E-state index in [2.05, 4.69) is 27.0 Å². The van der Waals surface area contributed by atoms with Crippen molar-refractivity contribution in [1.82, 2.24) is 20.9 Å². The third-order valence-corrected chi connectivity index (χ3v) is 5.72. The number of rotatable bonds is 10. The van der Waals surface area contributed by atoms with Crippen molar-refractivity contribution >= 4 is 18.0 Å². The number of nitriles is 1. The zero-order valence-corrected chi connectivity index (χ0v) is 26.1. The number of alkyl carbamates (subject to hydrolysis) is 2. The number of carbonyl (C=O) groups is 2. The van der Waals surface area contributed by atoms with Crippen LogP contribution in [-0.2, 0) is 20.8 Å². The number of ether oxygens (including phenoxy) is 4. The van der Waals surface area contributed by atoms with Gasteiger partial charge in [-0.15, -0.1) is 0 Å². The van der Waals surface area contributed by atoms with Gasteiger partial charge in [0.05, 0.1) is 5.69 Å². The van der Waals surface area contributed by atoms with Crippen LogP contribution in [0.5, 0.6) is 5.75 Å². The van der Waals surface area contributed by atoms with Crippen molar-refractivity contribution in [3.8, 4) is 34.2 Å². The maximum absolute atomic E-state index is 12.5. The van der Waals surface area contributed by atoms with Crippen LogP contribution in [0.25, 0.3) is 22.4 Å². The van der Waals surface area contributed by atoms with Crippen LogP contribution in [0.2, 0.25) is 0 Å². The van der Waals surface area contributed by atoms with E-state index >= 15 is 0 Å². The predicted octanol–water partition coefficient (Wildman–Crippen LogP) is 5.27. The zero-order valence-electron chi connectivity index (χ0n) is 26.1. The summed E-state index contributed by atoms with van der Waals surface area (Å²) in [7, 11) is 1.53. The lowest BCUT2D eigenvalue weighted by Gasteiger charge is -2.26. The standard InChI is InChI=1S/C32H40N6O6/c1-31(2,3)43-29(39)37-28(38-30(40)44-32(4,5)6)35-18-20-11-10-12-21(15-20)23-16-25(36-27(34)24(23)17-33)22-13-8-9-14-26(22)42-19-41-7/h8-16,28,35H,18-19H2,1-7H3,(H2,34,36)(H,37,39)(H,38,40). The van der Waals surface area contributed by atoms with Gasteiger partial charge in [-0.1, -0.05) is 30.3 Å². The van der Waals surface area contributed by atoms with E-state index in [-0.39, 0.29) is 24.7 Å². The molecule has 0 aliphatic rings. The summed E-state index contributed by atoms with van der Waals surface area (Å²) in [4.78, 5) is 29.5. The largest absolute Gasteiger partial charge is 0.467 e. The third-order valence-electron chi connectivity index (χ3n) is 5.72. The monoisotopic (exact) mass is 604 g/mol. The molecule has 234 valence electrons. The molecule has 0 aliphatic heterocycles. The van der Waals surface area contributed by atoms with Crippen molar-refractivity contribution in [3.05, 3.63) is 65.7 Å². The number of nitrogens with zero attached hydrogens (tertiary/aromatic N) is 2. The molecule has 0 saturated heterocycles. The van der Waals surface area contributed by atoms with Gasteiger partial charge in [0.2, 0.25) is 0 Å². The van der Waals surface area contributed by atoms with Gasteiger partial charge in [-0.3, -0.25) is 16.0 Å². The summed E-state index contributed by atoms with van der Waals surface area (Å²) in [6, 6.07) is 18.7. The minimum atomic E-state index is -1.02. The van der Waals surface area contributed by atoms with Gasteiger partial charge in [-0.2, -0.15) is 5.26 Å². The quantitative estimate of drug-likeness (QED) is 0.223. The molecule has 1 heterocycles. The molecular formula is C32H40N6O6. The molecule has 12 nitrogen and oxygen atoms in total. The first-order chi connectivity index (χ1) is 20.7. The first-order valence-electron chi connectivity index (χ1n) is 13.9. The fourth-order valence-electron chi connectivity index (χ4n) is 4.03. The number of hydrogen-bond acceptors (Lipinski definition) is 10. The molecule has 0 fully saturated rings. The van der Waals surface area contributed by atoms with E-state index in [0.29, 0.717) is 28.1 Å². The van der Waals surface area contributed by atoms with E-state index in [9.17, 15) is 14.9 Å². The van der Waals surface area contributed by atoms with Crippen LogP contribution in [0.1, 0.15) is 52.7 Å². The van der Waals surface area contributed by atoms with E-state index in [0.717, 1.165) is 5.56 Å². The second-order valence-electron chi connectivity index (χ2n) is 11.8. The summed E-state index contributed by atoms with van der Waals surface area (Å²) in [5, 5.41) is 18.2. The van der Waals surface area contributed by atoms with E-state index in [4.69, 9.17) is 24.7 Å². The highest BCUT2D eigenvalue weighted by Crippen LogP contribution is 2.35. The molecule has 3 aromatic rings. The van der Waals surface area contributed by atoms with Gasteiger partial charge in [0.1, 0.15) is 34.4 Å². The molecular weight excluding hydrogens is 564 g/mol. The van der Waals surface area contributed by atoms with Crippen molar-refractivity contribution in [2.45, 2.75) is 65.6 Å². The maximum atomic E-state index is 12.5. The van der Waals surface area contributed by atoms with Crippen molar-refractivity contribution in [2.24, 2.45) is 0 Å². The summed E-state index contributed by atoms with van der Waals surface area (Å²) >= 11 is 0. The molecule has 1 aromatic heterocycles. The average Bonchev–Trinajstić information content (AvgIpc) is 2.92. The molecule has 0 unspecified atom stereocenters. The van der Waals surface area contributed by atoms with E-state index < -0.39 is 29.7 Å². The Balaban J connectivity index is 1.90. The van der Waals surface area contributed by atoms with Gasteiger partial charge >= 0.3 is 12.2 Å². The highest BCUT2D eigenvalue weighted by Gasteiger charge is 2.23. The molecule has 0 atom stereocenters. The third kappa shape index (κ3) is 10.1. The highest BCUT2D eigenvalue weighted by atomic mass is 16.7. The number of nitrogen functional groups attached to an aromatic ring is 1. The van der Waals surface area contributed by atoms with Crippen molar-refractivity contribution in [3.63, 3.8) is 0 Å². The van der Waals surface area contributed by atoms with Gasteiger partial charge in [-0.25, -0.2) is 14.6 Å². The number of pyridine rings is 1. The summed E-state index contributed by atoms with van der Waals surface area (Å²) in [6.45, 7) is 10.7. The van der Waals surface area contributed by atoms with Crippen LogP contribution in [0, 0.1) is 11.3 Å². The van der Waals surface area contributed by atoms with Gasteiger partial charge in [0, 0.05) is 24.8 Å². The summed E-state index contributed by atoms with van der Waals surface area (Å²) in [5.41, 5.74) is 8.29. The van der Waals surface area contributed by atoms with E-state index in [1.54, 1.807) is 53.7 Å². The Morgan fingerprint density at radius 1 is 0.932 bits per heavy atom. The summed E-state index contributed by atoms with van der Waals surface area (Å²) in [6.07, 6.45) is -2.48. The number of hydrogen-bond donors (Lipinski definition) is 4. The molecule has 12 heteroatoms. The summed E-state index contributed by atoms with van der Waals surface area (Å²) < 4.78 is 21.5. The topological polar surface area (TPSA) is 170 Å². The molecule has 2 aromatic carbocycles. The van der Waals surface area contributed by atoms with Gasteiger partial charge in [-0.05, 0) is 76.9 Å². The first kappa shape index (κ1) is 33.6. The Morgan fingerprint density at radius 2 is 1.57 bits per heavy atom. The molecule has 2 amide bonds. The molecule has 0 saturated carbocycles. The Bertz CT molecular complexity index is 1480. The molecule has 0 aliphatic carbocycles. The second-order valence-corrected chi connectivity index (χ2v) is 11.8. The Kier molecular flexibility index (Phi) is 11.1. The molecule has 5 N–H and O–H groups in total. The fraction of sp³-hybridized carbons (Fsp3) is 0.375. The lowest BCUT2D eigenvalue weighted by molar-refractivity contribution is 0.0405. The van der Waals surface area contributed by atoms with Crippen LogP contribution >= 0.6 is 0 Å². The number of methoxy groups -OCH3 is 1. The summed E-state index contributed by atoms with van der Waals surface area (Å²) in [5.74, 6) is 0.629. The number of nitrogens with two attached hydrogens (primary N) is 1. The number of anilines is 1. The SMILES string of the molecule is COCOc1ccccc1-c1cc(-c2cccc(CNC(NC(=O)OC(C)(C)C)NC(=O)OC(C)(C)C)c2)c(C#N)c(N)n1. The van der Waals surface area contributed by atoms with Crippen LogP contribution < -0.4 is 26.4 Å². The van der Waals surface area contributed by atoms with Crippen LogP contribution in [-0.4, -0.2) is 48.6 Å².